The number of hydrogen-bond donors (Lipinski definition) is 2. The van der Waals surface area contributed by atoms with Crippen LogP contribution in [0.1, 0.15) is 29.8 Å². The normalized spacial score (nSPS) is 18.4. The Bertz CT molecular complexity index is 1430. The van der Waals surface area contributed by atoms with Gasteiger partial charge in [-0.2, -0.15) is 0 Å². The molecule has 3 aromatic rings. The summed E-state index contributed by atoms with van der Waals surface area (Å²) in [4.78, 5) is 38.5. The Balaban J connectivity index is 1.42. The molecule has 3 aromatic carbocycles. The Labute approximate surface area is 219 Å². The number of nitro groups is 1. The molecule has 2 N–H and O–H groups in total. The molecule has 1 saturated heterocycles. The van der Waals surface area contributed by atoms with Crippen LogP contribution in [0, 0.1) is 10.1 Å². The van der Waals surface area contributed by atoms with Gasteiger partial charge in [0.25, 0.3) is 5.91 Å². The number of hydrogen-bond acceptors (Lipinski definition) is 7. The zero-order chi connectivity index (χ0) is 27.0. The number of nitrogens with zero attached hydrogens (tertiary/aromatic N) is 2. The highest BCUT2D eigenvalue weighted by atomic mass is 16.6. The Hall–Kier alpha value is -4.44. The van der Waals surface area contributed by atoms with Crippen molar-refractivity contribution in [3.8, 4) is 16.9 Å². The van der Waals surface area contributed by atoms with Gasteiger partial charge in [-0.3, -0.25) is 19.7 Å². The predicted octanol–water partition coefficient (Wildman–Crippen LogP) is 4.76. The lowest BCUT2D eigenvalue weighted by molar-refractivity contribution is -0.385. The van der Waals surface area contributed by atoms with E-state index in [1.807, 2.05) is 36.9 Å². The molecule has 0 radical (unpaired) electrons. The highest BCUT2D eigenvalue weighted by Crippen LogP contribution is 2.37. The van der Waals surface area contributed by atoms with Gasteiger partial charge in [0.05, 0.1) is 53.3 Å². The number of fused-ring (bicyclic) bond motifs is 2. The molecule has 10 nitrogen and oxygen atoms in total. The summed E-state index contributed by atoms with van der Waals surface area (Å²) in [6, 6.07) is 15.5. The molecule has 2 aliphatic rings. The maximum Gasteiger partial charge on any atom is 0.310 e. The smallest absolute Gasteiger partial charge is 0.310 e. The standard InChI is InChI=1S/C28H28N4O6/c1-16-14-31(15-17(2)38-16)27(33)11-18-4-8-22-24(10-18)29-23-12-19(5-7-21(23)28(34)30-22)20-6-9-25(32(35)36)26(13-20)37-3/h4-10,12-13,16-17,29H,11,14-15H2,1-3H3,(H,30,34). The van der Waals surface area contributed by atoms with E-state index in [1.54, 1.807) is 30.3 Å². The van der Waals surface area contributed by atoms with Gasteiger partial charge in [0.15, 0.2) is 5.75 Å². The third-order valence-corrected chi connectivity index (χ3v) is 6.70. The highest BCUT2D eigenvalue weighted by Gasteiger charge is 2.26. The lowest BCUT2D eigenvalue weighted by atomic mass is 10.0. The Morgan fingerprint density at radius 1 is 1.00 bits per heavy atom. The summed E-state index contributed by atoms with van der Waals surface area (Å²) >= 11 is 0. The maximum absolute atomic E-state index is 13.0. The molecule has 0 saturated carbocycles. The molecule has 0 spiro atoms. The fourth-order valence-corrected chi connectivity index (χ4v) is 4.95. The van der Waals surface area contributed by atoms with E-state index in [0.29, 0.717) is 41.3 Å². The van der Waals surface area contributed by atoms with Crippen molar-refractivity contribution in [2.45, 2.75) is 32.5 Å². The van der Waals surface area contributed by atoms with E-state index < -0.39 is 4.92 Å². The lowest BCUT2D eigenvalue weighted by Gasteiger charge is -2.35. The Morgan fingerprint density at radius 2 is 1.71 bits per heavy atom. The van der Waals surface area contributed by atoms with Crippen LogP contribution in [-0.2, 0) is 16.0 Å². The SMILES string of the molecule is COc1cc(-c2ccc3c(c2)Nc2cc(CC(=O)N4CC(C)OC(C)C4)ccc2NC3=O)ccc1[N+](=O)[O-]. The Morgan fingerprint density at radius 3 is 2.42 bits per heavy atom. The van der Waals surface area contributed by atoms with Gasteiger partial charge >= 0.3 is 5.69 Å². The number of anilines is 3. The minimum Gasteiger partial charge on any atom is -0.490 e. The van der Waals surface area contributed by atoms with Crippen LogP contribution in [0.25, 0.3) is 11.1 Å². The number of carbonyl (C=O) groups excluding carboxylic acids is 2. The molecule has 10 heteroatoms. The number of ether oxygens (including phenoxy) is 2. The van der Waals surface area contributed by atoms with Crippen LogP contribution < -0.4 is 15.4 Å². The van der Waals surface area contributed by atoms with E-state index in [1.165, 1.54) is 13.2 Å². The molecule has 196 valence electrons. The van der Waals surface area contributed by atoms with Crippen molar-refractivity contribution < 1.29 is 24.0 Å². The number of nitrogens with one attached hydrogen (secondary N) is 2. The van der Waals surface area contributed by atoms with Gasteiger partial charge in [0.1, 0.15) is 0 Å². The van der Waals surface area contributed by atoms with E-state index in [2.05, 4.69) is 10.6 Å². The molecule has 0 aromatic heterocycles. The van der Waals surface area contributed by atoms with Crippen LogP contribution >= 0.6 is 0 Å². The van der Waals surface area contributed by atoms with E-state index >= 15 is 0 Å². The number of morpholine rings is 1. The minimum absolute atomic E-state index is 0.00644. The second-order valence-corrected chi connectivity index (χ2v) is 9.60. The first-order chi connectivity index (χ1) is 18.2. The minimum atomic E-state index is -0.495. The third kappa shape index (κ3) is 5.03. The average molecular weight is 517 g/mol. The molecule has 2 atom stereocenters. The summed E-state index contributed by atoms with van der Waals surface area (Å²) in [5.74, 6) is -0.0875. The van der Waals surface area contributed by atoms with E-state index in [9.17, 15) is 19.7 Å². The van der Waals surface area contributed by atoms with Crippen molar-refractivity contribution in [2.24, 2.45) is 0 Å². The fraction of sp³-hybridized carbons (Fsp3) is 0.286. The number of amides is 2. The topological polar surface area (TPSA) is 123 Å². The van der Waals surface area contributed by atoms with Gasteiger partial charge in [0.2, 0.25) is 5.91 Å². The third-order valence-electron chi connectivity index (χ3n) is 6.70. The second-order valence-electron chi connectivity index (χ2n) is 9.60. The largest absolute Gasteiger partial charge is 0.490 e. The van der Waals surface area contributed by atoms with Gasteiger partial charge in [-0.05, 0) is 66.9 Å². The summed E-state index contributed by atoms with van der Waals surface area (Å²) in [6.45, 7) is 5.05. The summed E-state index contributed by atoms with van der Waals surface area (Å²) in [5.41, 5.74) is 4.46. The summed E-state index contributed by atoms with van der Waals surface area (Å²) < 4.78 is 10.9. The highest BCUT2D eigenvalue weighted by molar-refractivity contribution is 6.12. The molecule has 2 aliphatic heterocycles. The van der Waals surface area contributed by atoms with Crippen molar-refractivity contribution in [3.63, 3.8) is 0 Å². The van der Waals surface area contributed by atoms with Crippen molar-refractivity contribution in [2.75, 3.05) is 30.8 Å². The van der Waals surface area contributed by atoms with Crippen molar-refractivity contribution in [3.05, 3.63) is 75.8 Å². The molecule has 0 bridgehead atoms. The lowest BCUT2D eigenvalue weighted by Crippen LogP contribution is -2.48. The van der Waals surface area contributed by atoms with Crippen molar-refractivity contribution in [1.29, 1.82) is 0 Å². The monoisotopic (exact) mass is 516 g/mol. The molecule has 1 fully saturated rings. The summed E-state index contributed by atoms with van der Waals surface area (Å²) in [6.07, 6.45) is 0.221. The van der Waals surface area contributed by atoms with E-state index in [4.69, 9.17) is 9.47 Å². The number of rotatable bonds is 5. The van der Waals surface area contributed by atoms with Gasteiger partial charge < -0.3 is 25.0 Å². The number of benzene rings is 3. The van der Waals surface area contributed by atoms with Gasteiger partial charge in [-0.15, -0.1) is 0 Å². The van der Waals surface area contributed by atoms with Gasteiger partial charge in [0, 0.05) is 19.2 Å². The van der Waals surface area contributed by atoms with Crippen LogP contribution in [0.4, 0.5) is 22.7 Å². The van der Waals surface area contributed by atoms with Crippen LogP contribution in [-0.4, -0.2) is 54.0 Å². The number of nitro benzene ring substituents is 1. The number of methoxy groups -OCH3 is 1. The fourth-order valence-electron chi connectivity index (χ4n) is 4.95. The predicted molar refractivity (Wildman–Crippen MR) is 143 cm³/mol. The van der Waals surface area contributed by atoms with Gasteiger partial charge in [-0.1, -0.05) is 12.1 Å². The summed E-state index contributed by atoms with van der Waals surface area (Å²) in [7, 11) is 1.38. The van der Waals surface area contributed by atoms with Gasteiger partial charge in [-0.25, -0.2) is 0 Å². The zero-order valence-corrected chi connectivity index (χ0v) is 21.3. The first-order valence-electron chi connectivity index (χ1n) is 12.3. The van der Waals surface area contributed by atoms with Crippen molar-refractivity contribution in [1.82, 2.24) is 4.90 Å². The molecular formula is C28H28N4O6. The molecule has 0 aliphatic carbocycles. The number of carbonyl (C=O) groups is 2. The quantitative estimate of drug-likeness (QED) is 0.370. The van der Waals surface area contributed by atoms with Crippen molar-refractivity contribution >= 4 is 34.6 Å². The molecule has 38 heavy (non-hydrogen) atoms. The molecule has 2 unspecified atom stereocenters. The molecular weight excluding hydrogens is 488 g/mol. The van der Waals surface area contributed by atoms with E-state index in [0.717, 1.165) is 11.1 Å². The van der Waals surface area contributed by atoms with Crippen LogP contribution in [0.5, 0.6) is 5.75 Å². The first-order valence-corrected chi connectivity index (χ1v) is 12.3. The van der Waals surface area contributed by atoms with Crippen LogP contribution in [0.3, 0.4) is 0 Å². The van der Waals surface area contributed by atoms with Crippen LogP contribution in [0.2, 0.25) is 0 Å². The molecule has 2 heterocycles. The molecule has 5 rings (SSSR count). The first kappa shape index (κ1) is 25.2. The molecule has 2 amide bonds. The second kappa shape index (κ2) is 10.1. The Kier molecular flexibility index (Phi) is 6.73. The van der Waals surface area contributed by atoms with E-state index in [-0.39, 0.29) is 41.9 Å². The average Bonchev–Trinajstić information content (AvgIpc) is 3.02. The summed E-state index contributed by atoms with van der Waals surface area (Å²) in [5, 5.41) is 17.5. The maximum atomic E-state index is 13.0. The van der Waals surface area contributed by atoms with Crippen LogP contribution in [0.15, 0.2) is 54.6 Å². The zero-order valence-electron chi connectivity index (χ0n) is 21.3.